The van der Waals surface area contributed by atoms with Gasteiger partial charge in [0.1, 0.15) is 12.4 Å². The van der Waals surface area contributed by atoms with E-state index in [4.69, 9.17) is 9.47 Å². The van der Waals surface area contributed by atoms with Crippen LogP contribution in [0.3, 0.4) is 0 Å². The second-order valence-corrected chi connectivity index (χ2v) is 10.6. The Morgan fingerprint density at radius 1 is 1.24 bits per heavy atom. The molecule has 0 bridgehead atoms. The molecule has 2 heterocycles. The van der Waals surface area contributed by atoms with Crippen molar-refractivity contribution in [3.05, 3.63) is 53.3 Å². The van der Waals surface area contributed by atoms with E-state index in [1.807, 2.05) is 6.07 Å². The topological polar surface area (TPSA) is 109 Å². The molecule has 0 spiro atoms. The summed E-state index contributed by atoms with van der Waals surface area (Å²) in [4.78, 5) is 18.5. The van der Waals surface area contributed by atoms with Gasteiger partial charge >= 0.3 is 0 Å². The molecule has 0 atom stereocenters. The number of piperidine rings is 1. The van der Waals surface area contributed by atoms with Gasteiger partial charge in [0, 0.05) is 44.6 Å². The number of sulfonamides is 1. The molecule has 1 amide bonds. The van der Waals surface area contributed by atoms with Gasteiger partial charge in [0.25, 0.3) is 0 Å². The number of likely N-dealkylation sites (N-methyl/N-ethyl adjacent to an activating group) is 1. The zero-order valence-corrected chi connectivity index (χ0v) is 21.0. The smallest absolute Gasteiger partial charge is 0.248 e. The number of aliphatic hydroxyl groups is 1. The maximum absolute atomic E-state index is 13.1. The van der Waals surface area contributed by atoms with Crippen molar-refractivity contribution in [3.63, 3.8) is 0 Å². The van der Waals surface area contributed by atoms with Crippen LogP contribution in [0.15, 0.2) is 41.6 Å². The summed E-state index contributed by atoms with van der Waals surface area (Å²) in [6.45, 7) is 4.36. The third-order valence-corrected chi connectivity index (χ3v) is 8.42. The summed E-state index contributed by atoms with van der Waals surface area (Å²) in [6, 6.07) is 7.01. The van der Waals surface area contributed by atoms with E-state index < -0.39 is 15.6 Å². The summed E-state index contributed by atoms with van der Waals surface area (Å²) in [6.07, 6.45) is 4.16. The van der Waals surface area contributed by atoms with E-state index in [1.54, 1.807) is 49.3 Å². The van der Waals surface area contributed by atoms with Crippen molar-refractivity contribution in [1.82, 2.24) is 14.2 Å². The molecule has 0 aliphatic carbocycles. The van der Waals surface area contributed by atoms with Crippen molar-refractivity contribution >= 4 is 15.9 Å². The van der Waals surface area contributed by atoms with Crippen molar-refractivity contribution < 1.29 is 27.8 Å². The monoisotopic (exact) mass is 491 g/mol. The lowest BCUT2D eigenvalue weighted by Gasteiger charge is -2.38. The van der Waals surface area contributed by atoms with Gasteiger partial charge in [0.2, 0.25) is 15.9 Å². The van der Waals surface area contributed by atoms with Crippen LogP contribution in [0.1, 0.15) is 29.5 Å². The molecule has 0 unspecified atom stereocenters. The number of rotatable bonds is 9. The number of ether oxygens (including phenoxy) is 2. The highest BCUT2D eigenvalue weighted by Gasteiger charge is 2.35. The van der Waals surface area contributed by atoms with Crippen LogP contribution in [0, 0.1) is 13.8 Å². The minimum absolute atomic E-state index is 0.0865. The fourth-order valence-corrected chi connectivity index (χ4v) is 5.77. The SMILES string of the molecule is COc1cc(C)c(S(=O)(=O)N(C)CCOCC(=O)N2CCC(O)(c3cccnc3)CC2)c(C)c1. The molecule has 9 nitrogen and oxygen atoms in total. The molecule has 1 aromatic heterocycles. The van der Waals surface area contributed by atoms with E-state index >= 15 is 0 Å². The number of likely N-dealkylation sites (tertiary alicyclic amines) is 1. The van der Waals surface area contributed by atoms with Gasteiger partial charge in [0.15, 0.2) is 0 Å². The molecule has 1 aliphatic heterocycles. The first-order valence-corrected chi connectivity index (χ1v) is 12.6. The fourth-order valence-electron chi connectivity index (χ4n) is 4.21. The maximum atomic E-state index is 13.1. The molecular weight excluding hydrogens is 458 g/mol. The zero-order valence-electron chi connectivity index (χ0n) is 20.2. The van der Waals surface area contributed by atoms with Crippen molar-refractivity contribution in [3.8, 4) is 5.75 Å². The van der Waals surface area contributed by atoms with Crippen molar-refractivity contribution in [2.24, 2.45) is 0 Å². The lowest BCUT2D eigenvalue weighted by atomic mass is 9.85. The van der Waals surface area contributed by atoms with Gasteiger partial charge in [-0.1, -0.05) is 6.07 Å². The van der Waals surface area contributed by atoms with Gasteiger partial charge < -0.3 is 19.5 Å². The van der Waals surface area contributed by atoms with Gasteiger partial charge in [-0.2, -0.15) is 4.31 Å². The molecular formula is C24H33N3O6S. The van der Waals surface area contributed by atoms with Crippen LogP contribution in [0.2, 0.25) is 0 Å². The predicted molar refractivity (Wildman–Crippen MR) is 127 cm³/mol. The highest BCUT2D eigenvalue weighted by molar-refractivity contribution is 7.89. The Bertz CT molecular complexity index is 1080. The highest BCUT2D eigenvalue weighted by atomic mass is 32.2. The Balaban J connectivity index is 1.48. The highest BCUT2D eigenvalue weighted by Crippen LogP contribution is 2.32. The Labute approximate surface area is 201 Å². The number of methoxy groups -OCH3 is 1. The molecule has 186 valence electrons. The van der Waals surface area contributed by atoms with E-state index in [-0.39, 0.29) is 30.6 Å². The number of nitrogens with zero attached hydrogens (tertiary/aromatic N) is 3. The molecule has 2 aromatic rings. The second kappa shape index (κ2) is 10.8. The molecule has 34 heavy (non-hydrogen) atoms. The summed E-state index contributed by atoms with van der Waals surface area (Å²) in [7, 11) is -0.683. The lowest BCUT2D eigenvalue weighted by Crippen LogP contribution is -2.46. The summed E-state index contributed by atoms with van der Waals surface area (Å²) in [5.74, 6) is 0.427. The first-order chi connectivity index (χ1) is 16.1. The molecule has 10 heteroatoms. The number of amides is 1. The van der Waals surface area contributed by atoms with Crippen molar-refractivity contribution in [2.45, 2.75) is 37.2 Å². The maximum Gasteiger partial charge on any atom is 0.248 e. The molecule has 0 radical (unpaired) electrons. The Morgan fingerprint density at radius 2 is 1.88 bits per heavy atom. The number of carbonyl (C=O) groups excluding carboxylic acids is 1. The van der Waals surface area contributed by atoms with Crippen molar-refractivity contribution in [1.29, 1.82) is 0 Å². The predicted octanol–water partition coefficient (Wildman–Crippen LogP) is 1.85. The summed E-state index contributed by atoms with van der Waals surface area (Å²) < 4.78 is 38.0. The molecule has 3 rings (SSSR count). The first kappa shape index (κ1) is 26.1. The summed E-state index contributed by atoms with van der Waals surface area (Å²) in [5, 5.41) is 10.9. The minimum Gasteiger partial charge on any atom is -0.497 e. The van der Waals surface area contributed by atoms with E-state index in [0.717, 1.165) is 5.56 Å². The Kier molecular flexibility index (Phi) is 8.29. The van der Waals surface area contributed by atoms with Gasteiger partial charge in [-0.05, 0) is 56.0 Å². The second-order valence-electron chi connectivity index (χ2n) is 8.62. The molecule has 1 aliphatic rings. The van der Waals surface area contributed by atoms with Gasteiger partial charge in [-0.15, -0.1) is 0 Å². The third-order valence-electron chi connectivity index (χ3n) is 6.26. The average molecular weight is 492 g/mol. The van der Waals surface area contributed by atoms with Crippen LogP contribution in [0.25, 0.3) is 0 Å². The number of pyridine rings is 1. The molecule has 0 saturated carbocycles. The number of benzene rings is 1. The summed E-state index contributed by atoms with van der Waals surface area (Å²) in [5.41, 5.74) is 0.984. The van der Waals surface area contributed by atoms with Crippen LogP contribution in [-0.4, -0.2) is 80.6 Å². The van der Waals surface area contributed by atoms with E-state index in [1.165, 1.54) is 18.5 Å². The molecule has 1 saturated heterocycles. The van der Waals surface area contributed by atoms with Crippen LogP contribution < -0.4 is 4.74 Å². The Hall–Kier alpha value is -2.53. The number of aromatic nitrogens is 1. The molecule has 1 N–H and O–H groups in total. The van der Waals surface area contributed by atoms with Crippen LogP contribution >= 0.6 is 0 Å². The van der Waals surface area contributed by atoms with Crippen LogP contribution in [0.5, 0.6) is 5.75 Å². The lowest BCUT2D eigenvalue weighted by molar-refractivity contribution is -0.140. The Morgan fingerprint density at radius 3 is 2.44 bits per heavy atom. The standard InChI is InChI=1S/C24H33N3O6S/c1-18-14-21(32-4)15-19(2)23(18)34(30,31)26(3)12-13-33-17-22(28)27-10-7-24(29,8-11-27)20-6-5-9-25-16-20/h5-6,9,14-16,29H,7-8,10-13,17H2,1-4H3. The normalized spacial score (nSPS) is 16.0. The van der Waals surface area contributed by atoms with Crippen LogP contribution in [0.4, 0.5) is 0 Å². The first-order valence-electron chi connectivity index (χ1n) is 11.2. The number of aryl methyl sites for hydroxylation is 2. The summed E-state index contributed by atoms with van der Waals surface area (Å²) >= 11 is 0. The van der Waals surface area contributed by atoms with Gasteiger partial charge in [-0.25, -0.2) is 8.42 Å². The van der Waals surface area contributed by atoms with E-state index in [2.05, 4.69) is 4.98 Å². The van der Waals surface area contributed by atoms with Gasteiger partial charge in [0.05, 0.1) is 24.2 Å². The average Bonchev–Trinajstić information content (AvgIpc) is 2.81. The third kappa shape index (κ3) is 5.75. The van der Waals surface area contributed by atoms with Crippen LogP contribution in [-0.2, 0) is 25.2 Å². The van der Waals surface area contributed by atoms with E-state index in [9.17, 15) is 18.3 Å². The fraction of sp³-hybridized carbons (Fsp3) is 0.500. The number of hydrogen-bond donors (Lipinski definition) is 1. The van der Waals surface area contributed by atoms with Crippen molar-refractivity contribution in [2.75, 3.05) is 47.0 Å². The number of carbonyl (C=O) groups is 1. The molecule has 1 fully saturated rings. The largest absolute Gasteiger partial charge is 0.497 e. The zero-order chi connectivity index (χ0) is 24.9. The molecule has 1 aromatic carbocycles. The quantitative estimate of drug-likeness (QED) is 0.533. The van der Waals surface area contributed by atoms with Gasteiger partial charge in [-0.3, -0.25) is 9.78 Å². The van der Waals surface area contributed by atoms with E-state index in [0.29, 0.717) is 42.8 Å². The minimum atomic E-state index is -3.72. The number of hydrogen-bond acceptors (Lipinski definition) is 7.